The van der Waals surface area contributed by atoms with Gasteiger partial charge in [-0.15, -0.1) is 0 Å². The van der Waals surface area contributed by atoms with E-state index in [1.807, 2.05) is 0 Å². The third-order valence-electron chi connectivity index (χ3n) is 3.21. The molecule has 0 radical (unpaired) electrons. The molecule has 1 aromatic rings. The van der Waals surface area contributed by atoms with Crippen molar-refractivity contribution in [3.05, 3.63) is 35.9 Å². The average molecular weight is 200 g/mol. The Morgan fingerprint density at radius 2 is 1.80 bits per heavy atom. The van der Waals surface area contributed by atoms with Crippen LogP contribution in [0, 0.1) is 0 Å². The molecule has 3 rings (SSSR count). The topological polar surface area (TPSA) is 6.48 Å². The molecule has 0 atom stereocenters. The van der Waals surface area contributed by atoms with Gasteiger partial charge in [-0.2, -0.15) is 0 Å². The number of hydrazine groups is 1. The van der Waals surface area contributed by atoms with Crippen LogP contribution in [-0.2, 0) is 0 Å². The van der Waals surface area contributed by atoms with E-state index in [0.717, 1.165) is 6.54 Å². The fourth-order valence-electron chi connectivity index (χ4n) is 2.45. The third kappa shape index (κ3) is 1.55. The summed E-state index contributed by atoms with van der Waals surface area (Å²) < 4.78 is 0. The molecular formula is C13H16N2. The van der Waals surface area contributed by atoms with Gasteiger partial charge in [-0.25, -0.2) is 5.01 Å². The summed E-state index contributed by atoms with van der Waals surface area (Å²) in [4.78, 5) is 0. The number of benzene rings is 1. The van der Waals surface area contributed by atoms with Gasteiger partial charge in [0, 0.05) is 13.1 Å². The maximum atomic E-state index is 2.47. The zero-order chi connectivity index (χ0) is 10.1. The highest BCUT2D eigenvalue weighted by Crippen LogP contribution is 2.28. The molecule has 1 aromatic carbocycles. The molecule has 78 valence electrons. The van der Waals surface area contributed by atoms with Crippen LogP contribution in [0.5, 0.6) is 0 Å². The van der Waals surface area contributed by atoms with Gasteiger partial charge in [0.25, 0.3) is 0 Å². The first-order chi connectivity index (χ1) is 7.45. The molecule has 0 aliphatic carbocycles. The quantitative estimate of drug-likeness (QED) is 0.687. The first-order valence-corrected chi connectivity index (χ1v) is 5.73. The summed E-state index contributed by atoms with van der Waals surface area (Å²) in [6.07, 6.45) is 7.15. The number of anilines is 1. The summed E-state index contributed by atoms with van der Waals surface area (Å²) in [5.74, 6) is 0. The first-order valence-electron chi connectivity index (χ1n) is 5.73. The lowest BCUT2D eigenvalue weighted by atomic mass is 10.1. The third-order valence-corrected chi connectivity index (χ3v) is 3.21. The lowest BCUT2D eigenvalue weighted by Gasteiger charge is -2.35. The Hall–Kier alpha value is -1.28. The van der Waals surface area contributed by atoms with Gasteiger partial charge in [-0.05, 0) is 24.5 Å². The van der Waals surface area contributed by atoms with Gasteiger partial charge in [0.2, 0.25) is 0 Å². The van der Waals surface area contributed by atoms with Gasteiger partial charge < -0.3 is 5.01 Å². The van der Waals surface area contributed by atoms with Crippen LogP contribution in [0.25, 0.3) is 6.08 Å². The minimum Gasteiger partial charge on any atom is -0.301 e. The number of fused-ring (bicyclic) bond motifs is 1. The Bertz CT molecular complexity index is 378. The van der Waals surface area contributed by atoms with E-state index >= 15 is 0 Å². The van der Waals surface area contributed by atoms with Crippen molar-refractivity contribution in [3.63, 3.8) is 0 Å². The number of para-hydroxylation sites is 1. The Morgan fingerprint density at radius 3 is 2.67 bits per heavy atom. The molecule has 0 aromatic heterocycles. The number of rotatable bonds is 1. The van der Waals surface area contributed by atoms with Crippen LogP contribution in [0.15, 0.2) is 30.3 Å². The minimum absolute atomic E-state index is 1.02. The van der Waals surface area contributed by atoms with Crippen molar-refractivity contribution in [2.45, 2.75) is 12.8 Å². The van der Waals surface area contributed by atoms with Gasteiger partial charge in [-0.3, -0.25) is 0 Å². The molecule has 2 heteroatoms. The number of hydrogen-bond donors (Lipinski definition) is 0. The summed E-state index contributed by atoms with van der Waals surface area (Å²) in [5.41, 5.74) is 2.71. The molecule has 0 bridgehead atoms. The Labute approximate surface area is 90.8 Å². The number of hydrogen-bond acceptors (Lipinski definition) is 2. The standard InChI is InChI=1S/C13H16N2/c1-2-8-13-12(6-1)7-5-11-15(13)14-9-3-4-10-14/h1-2,5-8H,3-4,9-11H2. The Kier molecular flexibility index (Phi) is 2.22. The summed E-state index contributed by atoms with van der Waals surface area (Å²) in [6.45, 7) is 3.45. The molecule has 0 unspecified atom stereocenters. The van der Waals surface area contributed by atoms with Gasteiger partial charge >= 0.3 is 0 Å². The van der Waals surface area contributed by atoms with Crippen molar-refractivity contribution < 1.29 is 0 Å². The minimum atomic E-state index is 1.02. The van der Waals surface area contributed by atoms with E-state index in [4.69, 9.17) is 0 Å². The van der Waals surface area contributed by atoms with Gasteiger partial charge in [0.1, 0.15) is 0 Å². The molecule has 2 nitrogen and oxygen atoms in total. The van der Waals surface area contributed by atoms with E-state index in [0.29, 0.717) is 0 Å². The lowest BCUT2D eigenvalue weighted by Crippen LogP contribution is -2.42. The highest BCUT2D eigenvalue weighted by atomic mass is 15.6. The van der Waals surface area contributed by atoms with E-state index in [9.17, 15) is 0 Å². The SMILES string of the molecule is C1=Cc2ccccc2N(N2CCCC2)C1. The summed E-state index contributed by atoms with van der Waals surface area (Å²) in [7, 11) is 0. The van der Waals surface area contributed by atoms with Crippen molar-refractivity contribution in [1.82, 2.24) is 5.01 Å². The molecule has 1 saturated heterocycles. The lowest BCUT2D eigenvalue weighted by molar-refractivity contribution is 0.316. The van der Waals surface area contributed by atoms with E-state index in [-0.39, 0.29) is 0 Å². The van der Waals surface area contributed by atoms with Crippen LogP contribution < -0.4 is 5.01 Å². The zero-order valence-electron chi connectivity index (χ0n) is 8.89. The van der Waals surface area contributed by atoms with Crippen LogP contribution >= 0.6 is 0 Å². The van der Waals surface area contributed by atoms with E-state index in [1.165, 1.54) is 37.2 Å². The van der Waals surface area contributed by atoms with Crippen LogP contribution in [0.1, 0.15) is 18.4 Å². The van der Waals surface area contributed by atoms with Gasteiger partial charge in [0.15, 0.2) is 0 Å². The molecule has 1 fully saturated rings. The van der Waals surface area contributed by atoms with Crippen molar-refractivity contribution in [2.75, 3.05) is 24.6 Å². The van der Waals surface area contributed by atoms with Crippen LogP contribution in [-0.4, -0.2) is 24.6 Å². The fourth-order valence-corrected chi connectivity index (χ4v) is 2.45. The van der Waals surface area contributed by atoms with Crippen molar-refractivity contribution in [3.8, 4) is 0 Å². The fraction of sp³-hybridized carbons (Fsp3) is 0.385. The maximum absolute atomic E-state index is 2.47. The number of nitrogens with zero attached hydrogens (tertiary/aromatic N) is 2. The Morgan fingerprint density at radius 1 is 1.00 bits per heavy atom. The van der Waals surface area contributed by atoms with E-state index < -0.39 is 0 Å². The largest absolute Gasteiger partial charge is 0.301 e. The molecule has 0 spiro atoms. The smallest absolute Gasteiger partial charge is 0.0598 e. The zero-order valence-corrected chi connectivity index (χ0v) is 8.89. The predicted octanol–water partition coefficient (Wildman–Crippen LogP) is 2.53. The molecular weight excluding hydrogens is 184 g/mol. The molecule has 0 N–H and O–H groups in total. The molecule has 2 heterocycles. The second-order valence-corrected chi connectivity index (χ2v) is 4.20. The van der Waals surface area contributed by atoms with Crippen LogP contribution in [0.2, 0.25) is 0 Å². The van der Waals surface area contributed by atoms with Crippen molar-refractivity contribution in [1.29, 1.82) is 0 Å². The predicted molar refractivity (Wildman–Crippen MR) is 63.6 cm³/mol. The second-order valence-electron chi connectivity index (χ2n) is 4.20. The maximum Gasteiger partial charge on any atom is 0.0598 e. The van der Waals surface area contributed by atoms with E-state index in [2.05, 4.69) is 46.4 Å². The highest BCUT2D eigenvalue weighted by Gasteiger charge is 2.21. The summed E-state index contributed by atoms with van der Waals surface area (Å²) >= 11 is 0. The second kappa shape index (κ2) is 3.70. The normalized spacial score (nSPS) is 20.7. The molecule has 0 amide bonds. The first kappa shape index (κ1) is 8.98. The van der Waals surface area contributed by atoms with Crippen LogP contribution in [0.4, 0.5) is 5.69 Å². The van der Waals surface area contributed by atoms with Crippen molar-refractivity contribution in [2.24, 2.45) is 0 Å². The van der Waals surface area contributed by atoms with Crippen LogP contribution in [0.3, 0.4) is 0 Å². The Balaban J connectivity index is 1.94. The monoisotopic (exact) mass is 200 g/mol. The molecule has 15 heavy (non-hydrogen) atoms. The summed E-state index contributed by atoms with van der Waals surface area (Å²) in [5, 5.41) is 4.89. The molecule has 0 saturated carbocycles. The van der Waals surface area contributed by atoms with Gasteiger partial charge in [-0.1, -0.05) is 30.4 Å². The van der Waals surface area contributed by atoms with E-state index in [1.54, 1.807) is 0 Å². The van der Waals surface area contributed by atoms with Gasteiger partial charge in [0.05, 0.1) is 12.2 Å². The molecule has 2 aliphatic heterocycles. The van der Waals surface area contributed by atoms with Crippen molar-refractivity contribution >= 4 is 11.8 Å². The average Bonchev–Trinajstić information content (AvgIpc) is 2.82. The molecule has 2 aliphatic rings. The highest BCUT2D eigenvalue weighted by molar-refractivity contribution is 5.70. The summed E-state index contributed by atoms with van der Waals surface area (Å²) in [6, 6.07) is 8.64.